The Morgan fingerprint density at radius 2 is 1.90 bits per heavy atom. The minimum absolute atomic E-state index is 0.111. The first-order chi connectivity index (χ1) is 14.1. The molecule has 0 spiro atoms. The SMILES string of the molecule is O=C(NCc1ccc2c(c1)OCO2)C(=O)NCC(O)(c1ccsc1)c1cccs1. The second kappa shape index (κ2) is 8.24. The van der Waals surface area contributed by atoms with E-state index in [1.165, 1.54) is 22.7 Å². The Morgan fingerprint density at radius 1 is 1.07 bits per heavy atom. The van der Waals surface area contributed by atoms with Gasteiger partial charge in [-0.15, -0.1) is 11.3 Å². The number of carbonyl (C=O) groups excluding carboxylic acids is 2. The molecule has 1 atom stereocenters. The quantitative estimate of drug-likeness (QED) is 0.521. The Kier molecular flexibility index (Phi) is 5.52. The molecule has 1 aromatic carbocycles. The molecular weight excluding hydrogens is 412 g/mol. The number of aliphatic hydroxyl groups is 1. The lowest BCUT2D eigenvalue weighted by molar-refractivity contribution is -0.139. The maximum Gasteiger partial charge on any atom is 0.309 e. The first-order valence-corrected chi connectivity index (χ1v) is 10.6. The van der Waals surface area contributed by atoms with Crippen LogP contribution < -0.4 is 20.1 Å². The Bertz CT molecular complexity index is 968. The molecule has 3 heterocycles. The number of rotatable bonds is 6. The average Bonchev–Trinajstić information content (AvgIpc) is 3.51. The lowest BCUT2D eigenvalue weighted by atomic mass is 9.94. The number of carbonyl (C=O) groups is 2. The third-order valence-corrected chi connectivity index (χ3v) is 6.23. The highest BCUT2D eigenvalue weighted by atomic mass is 32.1. The first-order valence-electron chi connectivity index (χ1n) is 8.80. The van der Waals surface area contributed by atoms with E-state index < -0.39 is 17.4 Å². The zero-order valence-corrected chi connectivity index (χ0v) is 16.8. The van der Waals surface area contributed by atoms with Crippen molar-refractivity contribution in [3.63, 3.8) is 0 Å². The number of benzene rings is 1. The highest BCUT2D eigenvalue weighted by Crippen LogP contribution is 2.34. The molecule has 3 aromatic rings. The maximum atomic E-state index is 12.3. The van der Waals surface area contributed by atoms with Gasteiger partial charge in [0.05, 0.1) is 6.54 Å². The van der Waals surface area contributed by atoms with Crippen molar-refractivity contribution < 1.29 is 24.2 Å². The number of hydrogen-bond acceptors (Lipinski definition) is 7. The van der Waals surface area contributed by atoms with E-state index in [9.17, 15) is 14.7 Å². The molecule has 150 valence electrons. The lowest BCUT2D eigenvalue weighted by Gasteiger charge is -2.26. The Labute approximate surface area is 174 Å². The molecule has 7 nitrogen and oxygen atoms in total. The zero-order valence-electron chi connectivity index (χ0n) is 15.2. The van der Waals surface area contributed by atoms with Gasteiger partial charge in [-0.2, -0.15) is 11.3 Å². The molecule has 0 saturated heterocycles. The van der Waals surface area contributed by atoms with Crippen molar-refractivity contribution in [2.45, 2.75) is 12.1 Å². The van der Waals surface area contributed by atoms with Crippen molar-refractivity contribution in [1.82, 2.24) is 10.6 Å². The molecule has 1 aliphatic heterocycles. The number of thiophene rings is 2. The fraction of sp³-hybridized carbons (Fsp3) is 0.200. The van der Waals surface area contributed by atoms with Crippen LogP contribution in [0.3, 0.4) is 0 Å². The van der Waals surface area contributed by atoms with Crippen molar-refractivity contribution in [3.05, 3.63) is 68.5 Å². The van der Waals surface area contributed by atoms with Gasteiger partial charge in [0.15, 0.2) is 11.5 Å². The molecule has 9 heteroatoms. The molecule has 1 aliphatic rings. The van der Waals surface area contributed by atoms with E-state index in [4.69, 9.17) is 9.47 Å². The second-order valence-electron chi connectivity index (χ2n) is 6.40. The van der Waals surface area contributed by atoms with E-state index in [0.717, 1.165) is 5.56 Å². The van der Waals surface area contributed by atoms with Crippen molar-refractivity contribution in [2.75, 3.05) is 13.3 Å². The van der Waals surface area contributed by atoms with Crippen LogP contribution in [0.15, 0.2) is 52.5 Å². The lowest BCUT2D eigenvalue weighted by Crippen LogP contribution is -2.46. The van der Waals surface area contributed by atoms with Gasteiger partial charge < -0.3 is 25.2 Å². The molecule has 29 heavy (non-hydrogen) atoms. The van der Waals surface area contributed by atoms with Crippen LogP contribution in [0, 0.1) is 0 Å². The number of hydrogen-bond donors (Lipinski definition) is 3. The predicted molar refractivity (Wildman–Crippen MR) is 109 cm³/mol. The standard InChI is InChI=1S/C20H18N2O5S2/c23-18(21-9-13-3-4-15-16(8-13)27-12-26-15)19(24)22-11-20(25,14-5-7-28-10-14)17-2-1-6-29-17/h1-8,10,25H,9,11-12H2,(H,21,23)(H,22,24). The third-order valence-electron chi connectivity index (χ3n) is 4.53. The van der Waals surface area contributed by atoms with E-state index in [1.807, 2.05) is 22.2 Å². The summed E-state index contributed by atoms with van der Waals surface area (Å²) in [4.78, 5) is 25.1. The molecule has 3 N–H and O–H groups in total. The monoisotopic (exact) mass is 430 g/mol. The molecule has 0 aliphatic carbocycles. The van der Waals surface area contributed by atoms with Crippen LogP contribution in [0.5, 0.6) is 11.5 Å². The van der Waals surface area contributed by atoms with E-state index in [2.05, 4.69) is 10.6 Å². The highest BCUT2D eigenvalue weighted by Gasteiger charge is 2.34. The van der Waals surface area contributed by atoms with Crippen molar-refractivity contribution in [3.8, 4) is 11.5 Å². The van der Waals surface area contributed by atoms with Gasteiger partial charge >= 0.3 is 11.8 Å². The average molecular weight is 431 g/mol. The summed E-state index contributed by atoms with van der Waals surface area (Å²) >= 11 is 2.84. The fourth-order valence-corrected chi connectivity index (χ4v) is 4.52. The van der Waals surface area contributed by atoms with Crippen LogP contribution >= 0.6 is 22.7 Å². The van der Waals surface area contributed by atoms with Crippen molar-refractivity contribution in [2.24, 2.45) is 0 Å². The second-order valence-corrected chi connectivity index (χ2v) is 8.13. The van der Waals surface area contributed by atoms with Gasteiger partial charge in [-0.25, -0.2) is 0 Å². The molecule has 0 bridgehead atoms. The van der Waals surface area contributed by atoms with E-state index in [1.54, 1.807) is 30.3 Å². The predicted octanol–water partition coefficient (Wildman–Crippen LogP) is 2.21. The number of ether oxygens (including phenoxy) is 2. The number of nitrogens with one attached hydrogen (secondary N) is 2. The molecule has 0 saturated carbocycles. The molecule has 0 fully saturated rings. The van der Waals surface area contributed by atoms with Gasteiger partial charge in [0.1, 0.15) is 5.60 Å². The smallest absolute Gasteiger partial charge is 0.309 e. The van der Waals surface area contributed by atoms with Crippen molar-refractivity contribution >= 4 is 34.5 Å². The van der Waals surface area contributed by atoms with Crippen molar-refractivity contribution in [1.29, 1.82) is 0 Å². The minimum Gasteiger partial charge on any atom is -0.454 e. The van der Waals surface area contributed by atoms with E-state index >= 15 is 0 Å². The van der Waals surface area contributed by atoms with Gasteiger partial charge in [0.25, 0.3) is 0 Å². The fourth-order valence-electron chi connectivity index (χ4n) is 2.95. The van der Waals surface area contributed by atoms with Crippen LogP contribution in [0.4, 0.5) is 0 Å². The minimum atomic E-state index is -1.39. The number of amides is 2. The van der Waals surface area contributed by atoms with Gasteiger partial charge in [-0.05, 0) is 46.0 Å². The van der Waals surface area contributed by atoms with Crippen LogP contribution in [0.2, 0.25) is 0 Å². The van der Waals surface area contributed by atoms with E-state index in [0.29, 0.717) is 21.9 Å². The molecule has 0 radical (unpaired) electrons. The Morgan fingerprint density at radius 3 is 2.66 bits per heavy atom. The van der Waals surface area contributed by atoms with Crippen LogP contribution in [-0.2, 0) is 21.7 Å². The molecule has 2 aromatic heterocycles. The normalized spacial score (nSPS) is 14.2. The van der Waals surface area contributed by atoms with Crippen LogP contribution in [-0.4, -0.2) is 30.3 Å². The third kappa shape index (κ3) is 4.12. The van der Waals surface area contributed by atoms with Crippen LogP contribution in [0.1, 0.15) is 16.0 Å². The molecule has 2 amide bonds. The summed E-state index contributed by atoms with van der Waals surface area (Å²) in [5.74, 6) is -0.324. The topological polar surface area (TPSA) is 96.9 Å². The number of fused-ring (bicyclic) bond motifs is 1. The van der Waals surface area contributed by atoms with Gasteiger partial charge in [-0.3, -0.25) is 9.59 Å². The Balaban J connectivity index is 1.36. The summed E-state index contributed by atoms with van der Waals surface area (Å²) in [6.45, 7) is 0.230. The Hall–Kier alpha value is -2.88. The summed E-state index contributed by atoms with van der Waals surface area (Å²) in [6, 6.07) is 10.7. The first kappa shape index (κ1) is 19.4. The largest absolute Gasteiger partial charge is 0.454 e. The van der Waals surface area contributed by atoms with Gasteiger partial charge in [-0.1, -0.05) is 12.1 Å². The van der Waals surface area contributed by atoms with Gasteiger partial charge in [0.2, 0.25) is 6.79 Å². The molecular formula is C20H18N2O5S2. The summed E-state index contributed by atoms with van der Waals surface area (Å²) in [6.07, 6.45) is 0. The molecule has 4 rings (SSSR count). The summed E-state index contributed by atoms with van der Waals surface area (Å²) in [7, 11) is 0. The highest BCUT2D eigenvalue weighted by molar-refractivity contribution is 7.10. The van der Waals surface area contributed by atoms with Crippen LogP contribution in [0.25, 0.3) is 0 Å². The van der Waals surface area contributed by atoms with Gasteiger partial charge in [0, 0.05) is 17.0 Å². The maximum absolute atomic E-state index is 12.3. The molecule has 1 unspecified atom stereocenters. The summed E-state index contributed by atoms with van der Waals surface area (Å²) in [5, 5.41) is 21.9. The van der Waals surface area contributed by atoms with E-state index in [-0.39, 0.29) is 19.9 Å². The zero-order chi connectivity index (χ0) is 20.3. The summed E-state index contributed by atoms with van der Waals surface area (Å²) in [5.41, 5.74) is 0.0660. The summed E-state index contributed by atoms with van der Waals surface area (Å²) < 4.78 is 10.5.